The molecule has 4 aromatic rings. The minimum atomic E-state index is -4.83. The van der Waals surface area contributed by atoms with Crippen LogP contribution < -0.4 is 15.4 Å². The molecule has 0 fully saturated rings. The van der Waals surface area contributed by atoms with E-state index in [0.717, 1.165) is 23.3 Å². The molecule has 0 aliphatic rings. The minimum Gasteiger partial charge on any atom is -0.457 e. The molecule has 2 amide bonds. The van der Waals surface area contributed by atoms with Gasteiger partial charge in [-0.3, -0.25) is 9.59 Å². The van der Waals surface area contributed by atoms with E-state index in [2.05, 4.69) is 15.4 Å². The highest BCUT2D eigenvalue weighted by Gasteiger charge is 2.31. The number of carbonyl (C=O) groups is 2. The molecule has 0 unspecified atom stereocenters. The van der Waals surface area contributed by atoms with Crippen LogP contribution in [0, 0.1) is 6.92 Å². The van der Waals surface area contributed by atoms with Crippen LogP contribution in [0.15, 0.2) is 101 Å². The normalized spacial score (nSPS) is 11.6. The molecule has 37 heavy (non-hydrogen) atoms. The zero-order chi connectivity index (χ0) is 26.4. The maximum atomic E-state index is 13.1. The number of rotatable bonds is 7. The summed E-state index contributed by atoms with van der Waals surface area (Å²) in [5.74, 6) is -0.787. The van der Waals surface area contributed by atoms with Crippen LogP contribution in [0.2, 0.25) is 0 Å². The van der Waals surface area contributed by atoms with E-state index >= 15 is 0 Å². The fraction of sp³-hybridized carbons (Fsp3) is 0.0714. The van der Waals surface area contributed by atoms with Crippen LogP contribution in [0.5, 0.6) is 5.75 Å². The highest BCUT2D eigenvalue weighted by Crippen LogP contribution is 2.25. The number of halogens is 3. The second-order valence-electron chi connectivity index (χ2n) is 7.97. The van der Waals surface area contributed by atoms with Crippen molar-refractivity contribution in [2.45, 2.75) is 13.3 Å². The number of furan rings is 1. The van der Waals surface area contributed by atoms with Crippen LogP contribution in [-0.4, -0.2) is 18.2 Å². The number of nitrogens with one attached hydrogen (secondary N) is 2. The van der Waals surface area contributed by atoms with Crippen molar-refractivity contribution < 1.29 is 31.9 Å². The van der Waals surface area contributed by atoms with Crippen molar-refractivity contribution in [3.8, 4) is 17.1 Å². The van der Waals surface area contributed by atoms with Gasteiger partial charge in [-0.2, -0.15) is 0 Å². The Bertz CT molecular complexity index is 1410. The Morgan fingerprint density at radius 2 is 1.54 bits per heavy atom. The predicted octanol–water partition coefficient (Wildman–Crippen LogP) is 6.56. The molecule has 0 bridgehead atoms. The largest absolute Gasteiger partial charge is 0.573 e. The van der Waals surface area contributed by atoms with Crippen LogP contribution in [0.25, 0.3) is 17.4 Å². The van der Waals surface area contributed by atoms with Crippen LogP contribution in [-0.2, 0) is 4.79 Å². The molecule has 0 atom stereocenters. The van der Waals surface area contributed by atoms with E-state index in [1.807, 2.05) is 31.2 Å². The van der Waals surface area contributed by atoms with Gasteiger partial charge in [-0.05, 0) is 55.5 Å². The van der Waals surface area contributed by atoms with Gasteiger partial charge in [-0.25, -0.2) is 0 Å². The molecule has 0 aliphatic carbocycles. The third kappa shape index (κ3) is 7.11. The summed E-state index contributed by atoms with van der Waals surface area (Å²) >= 11 is 0. The van der Waals surface area contributed by atoms with E-state index in [0.29, 0.717) is 17.1 Å². The van der Waals surface area contributed by atoms with E-state index in [-0.39, 0.29) is 11.4 Å². The van der Waals surface area contributed by atoms with Gasteiger partial charge in [-0.15, -0.1) is 13.2 Å². The SMILES string of the molecule is Cc1ccc(-c2ccc(/C=C(\NC(=O)c3ccccc3)C(=O)Nc3ccc(OC(F)(F)F)cc3)o2)cc1. The van der Waals surface area contributed by atoms with E-state index in [9.17, 15) is 22.8 Å². The summed E-state index contributed by atoms with van der Waals surface area (Å²) < 4.78 is 46.9. The Hall–Kier alpha value is -4.79. The van der Waals surface area contributed by atoms with Crippen molar-refractivity contribution in [3.63, 3.8) is 0 Å². The summed E-state index contributed by atoms with van der Waals surface area (Å²) in [6.07, 6.45) is -3.46. The topological polar surface area (TPSA) is 80.6 Å². The fourth-order valence-electron chi connectivity index (χ4n) is 3.33. The zero-order valence-electron chi connectivity index (χ0n) is 19.5. The van der Waals surface area contributed by atoms with E-state index in [1.165, 1.54) is 18.2 Å². The van der Waals surface area contributed by atoms with Gasteiger partial charge in [0.15, 0.2) is 0 Å². The van der Waals surface area contributed by atoms with Gasteiger partial charge in [0.2, 0.25) is 0 Å². The summed E-state index contributed by atoms with van der Waals surface area (Å²) in [4.78, 5) is 25.8. The Kier molecular flexibility index (Phi) is 7.43. The molecule has 1 heterocycles. The van der Waals surface area contributed by atoms with E-state index in [4.69, 9.17) is 4.42 Å². The first-order valence-electron chi connectivity index (χ1n) is 11.1. The molecule has 0 saturated heterocycles. The lowest BCUT2D eigenvalue weighted by molar-refractivity contribution is -0.274. The molecule has 0 spiro atoms. The molecule has 6 nitrogen and oxygen atoms in total. The molecular weight excluding hydrogens is 485 g/mol. The number of anilines is 1. The second-order valence-corrected chi connectivity index (χ2v) is 7.97. The Balaban J connectivity index is 1.58. The highest BCUT2D eigenvalue weighted by molar-refractivity contribution is 6.10. The van der Waals surface area contributed by atoms with Crippen molar-refractivity contribution in [3.05, 3.63) is 114 Å². The van der Waals surface area contributed by atoms with Gasteiger partial charge in [0.25, 0.3) is 11.8 Å². The number of ether oxygens (including phenoxy) is 1. The maximum absolute atomic E-state index is 13.1. The smallest absolute Gasteiger partial charge is 0.457 e. The Morgan fingerprint density at radius 3 is 2.19 bits per heavy atom. The van der Waals surface area contributed by atoms with Crippen LogP contribution in [0.4, 0.5) is 18.9 Å². The highest BCUT2D eigenvalue weighted by atomic mass is 19.4. The average molecular weight is 506 g/mol. The van der Waals surface area contributed by atoms with Crippen LogP contribution >= 0.6 is 0 Å². The number of alkyl halides is 3. The van der Waals surface area contributed by atoms with Crippen LogP contribution in [0.3, 0.4) is 0 Å². The van der Waals surface area contributed by atoms with E-state index < -0.39 is 23.9 Å². The Morgan fingerprint density at radius 1 is 0.865 bits per heavy atom. The fourth-order valence-corrected chi connectivity index (χ4v) is 3.33. The van der Waals surface area contributed by atoms with Crippen molar-refractivity contribution in [2.75, 3.05) is 5.32 Å². The molecule has 4 rings (SSSR count). The molecule has 0 saturated carbocycles. The molecule has 9 heteroatoms. The molecule has 188 valence electrons. The van der Waals surface area contributed by atoms with Gasteiger partial charge in [0.1, 0.15) is 23.0 Å². The summed E-state index contributed by atoms with van der Waals surface area (Å²) in [5.41, 5.74) is 2.32. The first kappa shape index (κ1) is 25.3. The number of amides is 2. The van der Waals surface area contributed by atoms with Crippen molar-refractivity contribution in [2.24, 2.45) is 0 Å². The number of benzene rings is 3. The van der Waals surface area contributed by atoms with Crippen molar-refractivity contribution >= 4 is 23.6 Å². The number of hydrogen-bond acceptors (Lipinski definition) is 4. The lowest BCUT2D eigenvalue weighted by atomic mass is 10.1. The summed E-state index contributed by atoms with van der Waals surface area (Å²) in [6.45, 7) is 1.97. The summed E-state index contributed by atoms with van der Waals surface area (Å²) in [7, 11) is 0. The minimum absolute atomic E-state index is 0.130. The average Bonchev–Trinajstić information content (AvgIpc) is 3.33. The molecule has 1 aromatic heterocycles. The third-order valence-corrected chi connectivity index (χ3v) is 5.12. The second kappa shape index (κ2) is 10.9. The number of hydrogen-bond donors (Lipinski definition) is 2. The van der Waals surface area contributed by atoms with Gasteiger partial charge in [-0.1, -0.05) is 48.0 Å². The number of carbonyl (C=O) groups excluding carboxylic acids is 2. The Labute approximate surface area is 210 Å². The lowest BCUT2D eigenvalue weighted by Crippen LogP contribution is -2.30. The number of aryl methyl sites for hydroxylation is 1. The van der Waals surface area contributed by atoms with Gasteiger partial charge >= 0.3 is 6.36 Å². The summed E-state index contributed by atoms with van der Waals surface area (Å²) in [5, 5.41) is 5.13. The van der Waals surface area contributed by atoms with Crippen LogP contribution in [0.1, 0.15) is 21.7 Å². The molecule has 0 radical (unpaired) electrons. The first-order valence-corrected chi connectivity index (χ1v) is 11.1. The monoisotopic (exact) mass is 506 g/mol. The maximum Gasteiger partial charge on any atom is 0.573 e. The lowest BCUT2D eigenvalue weighted by Gasteiger charge is -2.12. The zero-order valence-corrected chi connectivity index (χ0v) is 19.5. The van der Waals surface area contributed by atoms with E-state index in [1.54, 1.807) is 42.5 Å². The standard InChI is InChI=1S/C28H21F3N2O4/c1-18-7-9-19(10-8-18)25-16-15-23(36-25)17-24(33-26(34)20-5-3-2-4-6-20)27(35)32-21-11-13-22(14-12-21)37-28(29,30)31/h2-17H,1H3,(H,32,35)(H,33,34)/b24-17-. The van der Waals surface area contributed by atoms with Gasteiger partial charge in [0, 0.05) is 22.9 Å². The van der Waals surface area contributed by atoms with Gasteiger partial charge < -0.3 is 19.8 Å². The molecule has 2 N–H and O–H groups in total. The van der Waals surface area contributed by atoms with Crippen molar-refractivity contribution in [1.29, 1.82) is 0 Å². The quantitative estimate of drug-likeness (QED) is 0.278. The van der Waals surface area contributed by atoms with Gasteiger partial charge in [0.05, 0.1) is 0 Å². The van der Waals surface area contributed by atoms with Crippen molar-refractivity contribution in [1.82, 2.24) is 5.32 Å². The third-order valence-electron chi connectivity index (χ3n) is 5.12. The first-order chi connectivity index (χ1) is 17.7. The molecular formula is C28H21F3N2O4. The predicted molar refractivity (Wildman–Crippen MR) is 133 cm³/mol. The molecule has 3 aromatic carbocycles. The summed E-state index contributed by atoms with van der Waals surface area (Å²) in [6, 6.07) is 24.0. The molecule has 0 aliphatic heterocycles.